The number of carbonyl (C=O) groups is 4. The van der Waals surface area contributed by atoms with Crippen LogP contribution in [0.25, 0.3) is 0 Å². The largest absolute Gasteiger partial charge is 0.456 e. The first-order valence-electron chi connectivity index (χ1n) is 20.5. The number of fused-ring (bicyclic) bond motifs is 3. The number of nitrogens with zero attached hydrogens (tertiary/aromatic N) is 1. The van der Waals surface area contributed by atoms with Crippen LogP contribution in [0.1, 0.15) is 112 Å². The summed E-state index contributed by atoms with van der Waals surface area (Å²) in [5.41, 5.74) is 7.70. The van der Waals surface area contributed by atoms with Crippen LogP contribution in [0.5, 0.6) is 0 Å². The van der Waals surface area contributed by atoms with Crippen LogP contribution < -0.4 is 5.73 Å². The lowest BCUT2D eigenvalue weighted by Gasteiger charge is -2.47. The van der Waals surface area contributed by atoms with E-state index in [0.717, 1.165) is 12.0 Å². The van der Waals surface area contributed by atoms with Gasteiger partial charge in [-0.3, -0.25) is 14.4 Å². The van der Waals surface area contributed by atoms with Crippen molar-refractivity contribution in [3.63, 3.8) is 0 Å². The Hall–Kier alpha value is -2.52. The summed E-state index contributed by atoms with van der Waals surface area (Å²) in [4.78, 5) is 57.5. The van der Waals surface area contributed by atoms with Crippen molar-refractivity contribution < 1.29 is 53.4 Å². The third-order valence-corrected chi connectivity index (χ3v) is 12.7. The van der Waals surface area contributed by atoms with E-state index in [1.807, 2.05) is 32.9 Å². The maximum atomic E-state index is 14.2. The zero-order valence-corrected chi connectivity index (χ0v) is 34.3. The lowest BCUT2D eigenvalue weighted by molar-refractivity contribution is -0.302. The average molecular weight is 777 g/mol. The number of amides is 1. The molecule has 0 spiro atoms. The van der Waals surface area contributed by atoms with Gasteiger partial charge in [0.05, 0.1) is 24.4 Å². The number of aliphatic hydroxyl groups excluding tert-OH is 2. The van der Waals surface area contributed by atoms with E-state index in [2.05, 4.69) is 0 Å². The van der Waals surface area contributed by atoms with Gasteiger partial charge in [-0.2, -0.15) is 0 Å². The number of hydrogen-bond donors (Lipinski definition) is 4. The SMILES string of the molecule is CCC1C=C(C)CC(C)CC(OC)C2OC(O)(C(=O)C(=O)N3CCCCC3C(=O)OC(C(C)=CC3CCC(N)C(O)C3)C(C)C(O)CC1=O)C(C)CC2OC. The Balaban J connectivity index is 1.76. The second-order valence-electron chi connectivity index (χ2n) is 17.0. The van der Waals surface area contributed by atoms with Gasteiger partial charge in [0.25, 0.3) is 11.7 Å². The van der Waals surface area contributed by atoms with Gasteiger partial charge < -0.3 is 44.9 Å². The highest BCUT2D eigenvalue weighted by molar-refractivity contribution is 6.39. The van der Waals surface area contributed by atoms with Crippen LogP contribution in [-0.4, -0.2) is 119 Å². The molecular formula is C42H68N2O11. The Kier molecular flexibility index (Phi) is 16.2. The minimum atomic E-state index is -2.50. The highest BCUT2D eigenvalue weighted by atomic mass is 16.7. The van der Waals surface area contributed by atoms with Gasteiger partial charge in [0, 0.05) is 51.0 Å². The minimum Gasteiger partial charge on any atom is -0.456 e. The summed E-state index contributed by atoms with van der Waals surface area (Å²) < 4.78 is 24.2. The van der Waals surface area contributed by atoms with Crippen LogP contribution in [0.15, 0.2) is 23.3 Å². The van der Waals surface area contributed by atoms with Gasteiger partial charge >= 0.3 is 5.97 Å². The van der Waals surface area contributed by atoms with Crippen molar-refractivity contribution in [2.75, 3.05) is 20.8 Å². The fourth-order valence-electron chi connectivity index (χ4n) is 9.20. The molecule has 55 heavy (non-hydrogen) atoms. The summed E-state index contributed by atoms with van der Waals surface area (Å²) in [6, 6.07) is -1.45. The molecule has 4 rings (SSSR count). The van der Waals surface area contributed by atoms with Crippen LogP contribution in [0.2, 0.25) is 0 Å². The molecule has 13 heteroatoms. The van der Waals surface area contributed by atoms with Crippen molar-refractivity contribution in [1.29, 1.82) is 0 Å². The molecular weight excluding hydrogens is 708 g/mol. The molecule has 0 radical (unpaired) electrons. The number of cyclic esters (lactones) is 1. The smallest absolute Gasteiger partial charge is 0.329 e. The van der Waals surface area contributed by atoms with Crippen molar-refractivity contribution in [3.05, 3.63) is 23.3 Å². The van der Waals surface area contributed by atoms with Crippen molar-refractivity contribution in [1.82, 2.24) is 4.90 Å². The number of allylic oxidation sites excluding steroid dienone is 3. The summed E-state index contributed by atoms with van der Waals surface area (Å²) in [5.74, 6) is -7.57. The quantitative estimate of drug-likeness (QED) is 0.180. The first kappa shape index (κ1) is 45.2. The molecule has 4 aliphatic rings. The molecule has 312 valence electrons. The molecule has 0 aromatic rings. The Morgan fingerprint density at radius 2 is 1.65 bits per heavy atom. The van der Waals surface area contributed by atoms with E-state index in [9.17, 15) is 34.5 Å². The Bertz CT molecular complexity index is 1420. The van der Waals surface area contributed by atoms with E-state index in [-0.39, 0.29) is 49.5 Å². The fourth-order valence-corrected chi connectivity index (χ4v) is 9.20. The van der Waals surface area contributed by atoms with Crippen LogP contribution >= 0.6 is 0 Å². The number of esters is 1. The standard InChI is InChI=1S/C42H68N2O11/c1-9-29-17-23(2)16-24(3)18-35(52-7)38-36(53-8)20-26(5)42(51,55-38)39(48)40(49)44-15-11-10-12-31(44)41(50)54-37(27(6)32(45)22-33(29)46)25(4)19-28-13-14-30(43)34(47)21-28/h17,19,24,26-32,34-38,45,47,51H,9-16,18,20-22,43H2,1-8H3. The normalized spacial score (nSPS) is 41.2. The van der Waals surface area contributed by atoms with Crippen LogP contribution in [0, 0.1) is 29.6 Å². The number of methoxy groups -OCH3 is 2. The molecule has 0 aromatic heterocycles. The Morgan fingerprint density at radius 3 is 2.29 bits per heavy atom. The monoisotopic (exact) mass is 776 g/mol. The van der Waals surface area contributed by atoms with Gasteiger partial charge in [0.2, 0.25) is 5.79 Å². The molecule has 14 atom stereocenters. The number of piperidine rings is 1. The van der Waals surface area contributed by atoms with Crippen molar-refractivity contribution >= 4 is 23.4 Å². The van der Waals surface area contributed by atoms with Gasteiger partial charge in [-0.15, -0.1) is 0 Å². The molecule has 0 aromatic carbocycles. The topological polar surface area (TPSA) is 195 Å². The molecule has 2 saturated heterocycles. The molecule has 14 unspecified atom stereocenters. The van der Waals surface area contributed by atoms with Crippen molar-refractivity contribution in [2.45, 2.75) is 167 Å². The number of hydrogen-bond acceptors (Lipinski definition) is 12. The number of nitrogens with two attached hydrogens (primary N) is 1. The molecule has 3 aliphatic heterocycles. The molecule has 5 N–H and O–H groups in total. The Labute approximate surface area is 327 Å². The average Bonchev–Trinajstić information content (AvgIpc) is 3.15. The third-order valence-electron chi connectivity index (χ3n) is 12.7. The first-order chi connectivity index (χ1) is 25.9. The van der Waals surface area contributed by atoms with Gasteiger partial charge in [-0.25, -0.2) is 4.79 Å². The second kappa shape index (κ2) is 19.8. The van der Waals surface area contributed by atoms with Gasteiger partial charge in [0.1, 0.15) is 24.0 Å². The van der Waals surface area contributed by atoms with Gasteiger partial charge in [0.15, 0.2) is 0 Å². The summed E-state index contributed by atoms with van der Waals surface area (Å²) in [7, 11) is 3.06. The number of Topliss-reactive ketones (excluding diaryl/α,β-unsaturated/α-hetero) is 2. The summed E-state index contributed by atoms with van der Waals surface area (Å²) >= 11 is 0. The summed E-state index contributed by atoms with van der Waals surface area (Å²) in [6.45, 7) is 11.2. The maximum Gasteiger partial charge on any atom is 0.329 e. The van der Waals surface area contributed by atoms with E-state index >= 15 is 0 Å². The molecule has 1 amide bonds. The minimum absolute atomic E-state index is 0.0354. The Morgan fingerprint density at radius 1 is 0.982 bits per heavy atom. The number of ether oxygens (including phenoxy) is 4. The molecule has 2 bridgehead atoms. The fraction of sp³-hybridized carbons (Fsp3) is 0.810. The van der Waals surface area contributed by atoms with Gasteiger partial charge in [-0.1, -0.05) is 45.4 Å². The van der Waals surface area contributed by atoms with E-state index < -0.39 is 83.9 Å². The lowest BCUT2D eigenvalue weighted by Crippen LogP contribution is -2.64. The number of aliphatic hydroxyl groups is 3. The maximum absolute atomic E-state index is 14.2. The predicted octanol–water partition coefficient (Wildman–Crippen LogP) is 3.79. The molecule has 3 fully saturated rings. The van der Waals surface area contributed by atoms with Crippen LogP contribution in [0.4, 0.5) is 0 Å². The zero-order valence-electron chi connectivity index (χ0n) is 34.3. The zero-order chi connectivity index (χ0) is 40.8. The van der Waals surface area contributed by atoms with E-state index in [1.54, 1.807) is 20.8 Å². The van der Waals surface area contributed by atoms with E-state index in [4.69, 9.17) is 24.7 Å². The van der Waals surface area contributed by atoms with Gasteiger partial charge in [-0.05, 0) is 95.5 Å². The van der Waals surface area contributed by atoms with Crippen molar-refractivity contribution in [3.8, 4) is 0 Å². The first-order valence-corrected chi connectivity index (χ1v) is 20.5. The van der Waals surface area contributed by atoms with E-state index in [0.29, 0.717) is 50.5 Å². The number of carbonyl (C=O) groups excluding carboxylic acids is 4. The number of rotatable bonds is 5. The number of ketones is 2. The van der Waals surface area contributed by atoms with Crippen molar-refractivity contribution in [2.24, 2.45) is 35.3 Å². The predicted molar refractivity (Wildman–Crippen MR) is 205 cm³/mol. The molecule has 13 nitrogen and oxygen atoms in total. The highest BCUT2D eigenvalue weighted by Crippen LogP contribution is 2.39. The second-order valence-corrected chi connectivity index (χ2v) is 17.0. The molecule has 1 saturated carbocycles. The van der Waals surface area contributed by atoms with Crippen LogP contribution in [0.3, 0.4) is 0 Å². The highest BCUT2D eigenvalue weighted by Gasteiger charge is 2.56. The lowest BCUT2D eigenvalue weighted by atomic mass is 9.81. The third kappa shape index (κ3) is 10.7. The molecule has 1 aliphatic carbocycles. The summed E-state index contributed by atoms with van der Waals surface area (Å²) in [5, 5.41) is 34.1. The molecule has 3 heterocycles. The van der Waals surface area contributed by atoms with Crippen LogP contribution in [-0.2, 0) is 38.1 Å². The van der Waals surface area contributed by atoms with E-state index in [1.165, 1.54) is 19.1 Å². The summed E-state index contributed by atoms with van der Waals surface area (Å²) in [6.07, 6.45) is 3.89.